The quantitative estimate of drug-likeness (QED) is 0.597. The molecule has 7 nitrogen and oxygen atoms in total. The molecule has 7 heteroatoms. The summed E-state index contributed by atoms with van der Waals surface area (Å²) in [6, 6.07) is 8.76. The number of amides is 1. The molecule has 2 N–H and O–H groups in total. The van der Waals surface area contributed by atoms with Crippen LogP contribution in [0.25, 0.3) is 11.0 Å². The highest BCUT2D eigenvalue weighted by molar-refractivity contribution is 5.79. The molecule has 1 fully saturated rings. The SMILES string of the molecule is CC(C)NC(=O)Cc1ccc(N(c2ncc3cn[nH]c3n2)C2CCCCCC2)cc1. The van der Waals surface area contributed by atoms with E-state index in [1.54, 1.807) is 6.20 Å². The molecule has 0 atom stereocenters. The Kier molecular flexibility index (Phi) is 6.26. The number of hydrogen-bond donors (Lipinski definition) is 2. The van der Waals surface area contributed by atoms with Crippen LogP contribution in [0.4, 0.5) is 11.6 Å². The largest absolute Gasteiger partial charge is 0.354 e. The number of H-pyrrole nitrogens is 1. The zero-order valence-electron chi connectivity index (χ0n) is 17.8. The van der Waals surface area contributed by atoms with Gasteiger partial charge in [0.05, 0.1) is 18.0 Å². The van der Waals surface area contributed by atoms with Crippen LogP contribution in [-0.2, 0) is 11.2 Å². The maximum atomic E-state index is 12.1. The molecule has 0 spiro atoms. The number of anilines is 2. The third-order valence-electron chi connectivity index (χ3n) is 5.61. The summed E-state index contributed by atoms with van der Waals surface area (Å²) in [5, 5.41) is 10.9. The molecule has 3 aromatic rings. The number of carbonyl (C=O) groups is 1. The van der Waals surface area contributed by atoms with E-state index in [0.717, 1.165) is 35.1 Å². The molecule has 1 saturated carbocycles. The Balaban J connectivity index is 1.62. The molecular formula is C23H30N6O. The van der Waals surface area contributed by atoms with Crippen molar-refractivity contribution in [3.8, 4) is 0 Å². The molecule has 0 saturated heterocycles. The van der Waals surface area contributed by atoms with Gasteiger partial charge in [0.2, 0.25) is 11.9 Å². The second-order valence-corrected chi connectivity index (χ2v) is 8.42. The molecule has 0 radical (unpaired) electrons. The lowest BCUT2D eigenvalue weighted by atomic mass is 10.1. The first-order valence-corrected chi connectivity index (χ1v) is 10.9. The van der Waals surface area contributed by atoms with E-state index >= 15 is 0 Å². The Hall–Kier alpha value is -2.96. The van der Waals surface area contributed by atoms with E-state index in [4.69, 9.17) is 4.98 Å². The summed E-state index contributed by atoms with van der Waals surface area (Å²) >= 11 is 0. The fourth-order valence-electron chi connectivity index (χ4n) is 4.18. The number of aromatic nitrogens is 4. The third-order valence-corrected chi connectivity index (χ3v) is 5.61. The average molecular weight is 407 g/mol. The summed E-state index contributed by atoms with van der Waals surface area (Å²) in [5.74, 6) is 0.746. The number of aromatic amines is 1. The topological polar surface area (TPSA) is 86.8 Å². The predicted molar refractivity (Wildman–Crippen MR) is 119 cm³/mol. The van der Waals surface area contributed by atoms with Gasteiger partial charge >= 0.3 is 0 Å². The van der Waals surface area contributed by atoms with Crippen LogP contribution < -0.4 is 10.2 Å². The first kappa shape index (κ1) is 20.3. The molecule has 0 aliphatic heterocycles. The summed E-state index contributed by atoms with van der Waals surface area (Å²) in [7, 11) is 0. The van der Waals surface area contributed by atoms with Gasteiger partial charge in [-0.25, -0.2) is 4.98 Å². The van der Waals surface area contributed by atoms with E-state index in [2.05, 4.69) is 37.5 Å². The molecule has 30 heavy (non-hydrogen) atoms. The zero-order chi connectivity index (χ0) is 20.9. The summed E-state index contributed by atoms with van der Waals surface area (Å²) in [4.78, 5) is 23.8. The minimum atomic E-state index is 0.0476. The van der Waals surface area contributed by atoms with Crippen LogP contribution in [-0.4, -0.2) is 38.2 Å². The van der Waals surface area contributed by atoms with E-state index in [1.807, 2.05) is 32.2 Å². The Morgan fingerprint density at radius 1 is 1.13 bits per heavy atom. The van der Waals surface area contributed by atoms with Crippen LogP contribution in [0.15, 0.2) is 36.7 Å². The van der Waals surface area contributed by atoms with Crippen molar-refractivity contribution < 1.29 is 4.79 Å². The van der Waals surface area contributed by atoms with Gasteiger partial charge in [0.15, 0.2) is 5.65 Å². The maximum Gasteiger partial charge on any atom is 0.232 e. The molecule has 2 aromatic heterocycles. The molecule has 4 rings (SSSR count). The van der Waals surface area contributed by atoms with Gasteiger partial charge < -0.3 is 10.2 Å². The number of carbonyl (C=O) groups excluding carboxylic acids is 1. The average Bonchev–Trinajstić information content (AvgIpc) is 3.03. The molecule has 158 valence electrons. The van der Waals surface area contributed by atoms with Crippen molar-refractivity contribution in [2.75, 3.05) is 4.90 Å². The lowest BCUT2D eigenvalue weighted by molar-refractivity contribution is -0.120. The van der Waals surface area contributed by atoms with Gasteiger partial charge in [-0.15, -0.1) is 0 Å². The second kappa shape index (κ2) is 9.24. The van der Waals surface area contributed by atoms with Crippen molar-refractivity contribution in [3.63, 3.8) is 0 Å². The maximum absolute atomic E-state index is 12.1. The van der Waals surface area contributed by atoms with Gasteiger partial charge in [0.1, 0.15) is 0 Å². The number of nitrogens with zero attached hydrogens (tertiary/aromatic N) is 4. The monoisotopic (exact) mass is 406 g/mol. The molecular weight excluding hydrogens is 376 g/mol. The Morgan fingerprint density at radius 3 is 2.57 bits per heavy atom. The van der Waals surface area contributed by atoms with Crippen LogP contribution >= 0.6 is 0 Å². The normalized spacial score (nSPS) is 15.3. The summed E-state index contributed by atoms with van der Waals surface area (Å²) in [5.41, 5.74) is 2.82. The van der Waals surface area contributed by atoms with Crippen molar-refractivity contribution >= 4 is 28.6 Å². The first-order chi connectivity index (χ1) is 14.6. The zero-order valence-corrected chi connectivity index (χ0v) is 17.8. The molecule has 0 unspecified atom stereocenters. The van der Waals surface area contributed by atoms with Gasteiger partial charge in [-0.3, -0.25) is 9.89 Å². The van der Waals surface area contributed by atoms with Gasteiger partial charge in [-0.2, -0.15) is 10.1 Å². The second-order valence-electron chi connectivity index (χ2n) is 8.42. The Morgan fingerprint density at radius 2 is 1.87 bits per heavy atom. The van der Waals surface area contributed by atoms with Crippen molar-refractivity contribution in [2.24, 2.45) is 0 Å². The van der Waals surface area contributed by atoms with Crippen LogP contribution in [0.3, 0.4) is 0 Å². The van der Waals surface area contributed by atoms with Crippen molar-refractivity contribution in [3.05, 3.63) is 42.2 Å². The number of nitrogens with one attached hydrogen (secondary N) is 2. The summed E-state index contributed by atoms with van der Waals surface area (Å²) in [6.07, 6.45) is 11.2. The molecule has 1 aromatic carbocycles. The molecule has 2 heterocycles. The van der Waals surface area contributed by atoms with Crippen molar-refractivity contribution in [1.29, 1.82) is 0 Å². The number of fused-ring (bicyclic) bond motifs is 1. The van der Waals surface area contributed by atoms with E-state index < -0.39 is 0 Å². The highest BCUT2D eigenvalue weighted by Crippen LogP contribution is 2.32. The minimum Gasteiger partial charge on any atom is -0.354 e. The van der Waals surface area contributed by atoms with Crippen LogP contribution in [0, 0.1) is 0 Å². The fourth-order valence-corrected chi connectivity index (χ4v) is 4.18. The smallest absolute Gasteiger partial charge is 0.232 e. The Bertz CT molecular complexity index is 973. The van der Waals surface area contributed by atoms with E-state index in [9.17, 15) is 4.79 Å². The summed E-state index contributed by atoms with van der Waals surface area (Å²) < 4.78 is 0. The number of hydrogen-bond acceptors (Lipinski definition) is 5. The number of rotatable bonds is 6. The van der Waals surface area contributed by atoms with E-state index in [-0.39, 0.29) is 11.9 Å². The molecule has 1 aliphatic carbocycles. The fraction of sp³-hybridized carbons (Fsp3) is 0.478. The van der Waals surface area contributed by atoms with Crippen molar-refractivity contribution in [2.45, 2.75) is 70.9 Å². The minimum absolute atomic E-state index is 0.0476. The lowest BCUT2D eigenvalue weighted by Crippen LogP contribution is -2.32. The standard InChI is InChI=1S/C23H30N6O/c1-16(2)26-21(30)13-17-9-11-20(12-10-17)29(19-7-5-3-4-6-8-19)23-24-14-18-15-25-28-22(18)27-23/h9-12,14-16,19H,3-8,13H2,1-2H3,(H,26,30)(H,24,25,27,28). The molecule has 1 aliphatic rings. The van der Waals surface area contributed by atoms with Gasteiger partial charge in [-0.1, -0.05) is 37.8 Å². The third kappa shape index (κ3) is 4.78. The predicted octanol–water partition coefficient (Wildman–Crippen LogP) is 4.28. The van der Waals surface area contributed by atoms with Gasteiger partial charge in [-0.05, 0) is 44.4 Å². The number of benzene rings is 1. The summed E-state index contributed by atoms with van der Waals surface area (Å²) in [6.45, 7) is 3.95. The van der Waals surface area contributed by atoms with E-state index in [1.165, 1.54) is 25.7 Å². The molecule has 0 bridgehead atoms. The van der Waals surface area contributed by atoms with E-state index in [0.29, 0.717) is 18.4 Å². The highest BCUT2D eigenvalue weighted by atomic mass is 16.1. The van der Waals surface area contributed by atoms with Gasteiger partial charge in [0.25, 0.3) is 0 Å². The van der Waals surface area contributed by atoms with Gasteiger partial charge in [0, 0.05) is 24.0 Å². The van der Waals surface area contributed by atoms with Crippen LogP contribution in [0.5, 0.6) is 0 Å². The van der Waals surface area contributed by atoms with Crippen molar-refractivity contribution in [1.82, 2.24) is 25.5 Å². The molecule has 1 amide bonds. The first-order valence-electron chi connectivity index (χ1n) is 10.9. The Labute approximate surface area is 177 Å². The lowest BCUT2D eigenvalue weighted by Gasteiger charge is -2.31. The van der Waals surface area contributed by atoms with Crippen LogP contribution in [0.1, 0.15) is 57.9 Å². The van der Waals surface area contributed by atoms with Crippen LogP contribution in [0.2, 0.25) is 0 Å². The highest BCUT2D eigenvalue weighted by Gasteiger charge is 2.24.